The molecular formula is C15H8Br2O6. The maximum Gasteiger partial charge on any atom is 0.235 e. The van der Waals surface area contributed by atoms with Gasteiger partial charge in [-0.15, -0.1) is 0 Å². The highest BCUT2D eigenvalue weighted by molar-refractivity contribution is 9.11. The first-order valence-electron chi connectivity index (χ1n) is 6.19. The Hall–Kier alpha value is -2.19. The lowest BCUT2D eigenvalue weighted by molar-refractivity contribution is 0.101. The van der Waals surface area contributed by atoms with Gasteiger partial charge in [-0.05, 0) is 44.0 Å². The van der Waals surface area contributed by atoms with Crippen molar-refractivity contribution < 1.29 is 30.0 Å². The molecule has 0 saturated heterocycles. The van der Waals surface area contributed by atoms with Crippen LogP contribution in [0.4, 0.5) is 0 Å². The smallest absolute Gasteiger partial charge is 0.235 e. The van der Waals surface area contributed by atoms with Gasteiger partial charge in [0.1, 0.15) is 38.8 Å². The van der Waals surface area contributed by atoms with Gasteiger partial charge in [0.05, 0.1) is 4.47 Å². The molecule has 0 amide bonds. The molecule has 118 valence electrons. The Bertz CT molecular complexity index is 888. The molecule has 0 bridgehead atoms. The highest BCUT2D eigenvalue weighted by atomic mass is 79.9. The van der Waals surface area contributed by atoms with Crippen LogP contribution in [-0.2, 0) is 0 Å². The summed E-state index contributed by atoms with van der Waals surface area (Å²) in [4.78, 5) is 12.3. The number of Topliss-reactive ketones (excluding diaryl/α,β-unsaturated/α-hetero) is 1. The summed E-state index contributed by atoms with van der Waals surface area (Å²) in [5.41, 5.74) is 0.145. The van der Waals surface area contributed by atoms with Crippen molar-refractivity contribution in [3.63, 3.8) is 0 Å². The summed E-state index contributed by atoms with van der Waals surface area (Å²) >= 11 is 6.16. The Balaban J connectivity index is 2.10. The zero-order chi connectivity index (χ0) is 16.9. The number of phenolic OH excluding ortho intramolecular Hbond substituents is 4. The molecule has 0 aromatic heterocycles. The van der Waals surface area contributed by atoms with E-state index in [1.54, 1.807) is 0 Å². The standard InChI is InChI=1S/C15H8Br2O6/c16-7-1-5(13(20)12(17)14(7)21)2-10-15(22)11-8(19)3-6(18)4-9(11)23-10/h1-4,18-21H/b10-2+. The SMILES string of the molecule is O=C1/C(=C\c2cc(Br)c(O)c(Br)c2O)Oc2cc(O)cc(O)c21. The lowest BCUT2D eigenvalue weighted by Crippen LogP contribution is -1.98. The molecule has 1 aliphatic rings. The van der Waals surface area contributed by atoms with Crippen LogP contribution in [0.15, 0.2) is 32.9 Å². The zero-order valence-electron chi connectivity index (χ0n) is 11.2. The van der Waals surface area contributed by atoms with Gasteiger partial charge in [0.2, 0.25) is 5.78 Å². The predicted molar refractivity (Wildman–Crippen MR) is 87.9 cm³/mol. The van der Waals surface area contributed by atoms with Gasteiger partial charge in [0, 0.05) is 17.7 Å². The van der Waals surface area contributed by atoms with Crippen molar-refractivity contribution in [2.75, 3.05) is 0 Å². The number of benzene rings is 2. The highest BCUT2D eigenvalue weighted by Gasteiger charge is 2.31. The average Bonchev–Trinajstić information content (AvgIpc) is 2.78. The van der Waals surface area contributed by atoms with E-state index in [0.29, 0.717) is 4.47 Å². The van der Waals surface area contributed by atoms with Crippen LogP contribution in [-0.4, -0.2) is 26.2 Å². The molecule has 0 atom stereocenters. The van der Waals surface area contributed by atoms with Crippen molar-refractivity contribution in [2.24, 2.45) is 0 Å². The minimum absolute atomic E-state index is 0.0233. The van der Waals surface area contributed by atoms with Crippen molar-refractivity contribution in [1.29, 1.82) is 0 Å². The fraction of sp³-hybridized carbons (Fsp3) is 0. The van der Waals surface area contributed by atoms with E-state index in [-0.39, 0.29) is 44.4 Å². The van der Waals surface area contributed by atoms with Crippen LogP contribution in [0.25, 0.3) is 6.08 Å². The molecule has 0 fully saturated rings. The van der Waals surface area contributed by atoms with Crippen molar-refractivity contribution >= 4 is 43.7 Å². The van der Waals surface area contributed by atoms with E-state index in [2.05, 4.69) is 31.9 Å². The number of phenols is 4. The number of hydrogen-bond acceptors (Lipinski definition) is 6. The minimum Gasteiger partial charge on any atom is -0.508 e. The number of rotatable bonds is 1. The van der Waals surface area contributed by atoms with Crippen molar-refractivity contribution in [3.8, 4) is 28.7 Å². The third-order valence-corrected chi connectivity index (χ3v) is 4.58. The number of aromatic hydroxyl groups is 4. The molecule has 0 unspecified atom stereocenters. The molecule has 4 N–H and O–H groups in total. The highest BCUT2D eigenvalue weighted by Crippen LogP contribution is 2.44. The second-order valence-electron chi connectivity index (χ2n) is 4.74. The fourth-order valence-electron chi connectivity index (χ4n) is 2.15. The molecule has 3 rings (SSSR count). The van der Waals surface area contributed by atoms with Gasteiger partial charge in [-0.1, -0.05) is 0 Å². The second-order valence-corrected chi connectivity index (χ2v) is 6.38. The van der Waals surface area contributed by atoms with Crippen LogP contribution in [0, 0.1) is 0 Å². The molecule has 0 aliphatic carbocycles. The number of carbonyl (C=O) groups excluding carboxylic acids is 1. The van der Waals surface area contributed by atoms with E-state index < -0.39 is 11.5 Å². The van der Waals surface area contributed by atoms with Gasteiger partial charge in [0.15, 0.2) is 5.76 Å². The Kier molecular flexibility index (Phi) is 3.73. The summed E-state index contributed by atoms with van der Waals surface area (Å²) < 4.78 is 5.70. The van der Waals surface area contributed by atoms with E-state index in [1.807, 2.05) is 0 Å². The summed E-state index contributed by atoms with van der Waals surface area (Å²) in [5.74, 6) is -1.81. The molecule has 0 radical (unpaired) electrons. The topological polar surface area (TPSA) is 107 Å². The van der Waals surface area contributed by atoms with Gasteiger partial charge in [-0.3, -0.25) is 4.79 Å². The van der Waals surface area contributed by atoms with Gasteiger partial charge in [0.25, 0.3) is 0 Å². The summed E-state index contributed by atoms with van der Waals surface area (Å²) in [6.45, 7) is 0. The molecule has 2 aromatic carbocycles. The molecule has 0 saturated carbocycles. The lowest BCUT2D eigenvalue weighted by Gasteiger charge is -2.07. The van der Waals surface area contributed by atoms with Crippen LogP contribution in [0.1, 0.15) is 15.9 Å². The number of fused-ring (bicyclic) bond motifs is 1. The Labute approximate surface area is 146 Å². The first kappa shape index (κ1) is 15.7. The third-order valence-electron chi connectivity index (χ3n) is 3.22. The molecule has 1 heterocycles. The summed E-state index contributed by atoms with van der Waals surface area (Å²) in [5, 5.41) is 38.9. The van der Waals surface area contributed by atoms with Crippen LogP contribution >= 0.6 is 31.9 Å². The number of hydrogen-bond donors (Lipinski definition) is 4. The Morgan fingerprint density at radius 3 is 2.39 bits per heavy atom. The van der Waals surface area contributed by atoms with E-state index in [1.165, 1.54) is 18.2 Å². The van der Waals surface area contributed by atoms with Crippen LogP contribution in [0.3, 0.4) is 0 Å². The van der Waals surface area contributed by atoms with Crippen molar-refractivity contribution in [3.05, 3.63) is 44.0 Å². The van der Waals surface area contributed by atoms with E-state index in [4.69, 9.17) is 4.74 Å². The number of ether oxygens (including phenoxy) is 1. The monoisotopic (exact) mass is 442 g/mol. The molecule has 8 heteroatoms. The minimum atomic E-state index is -0.586. The van der Waals surface area contributed by atoms with Crippen LogP contribution in [0.2, 0.25) is 0 Å². The summed E-state index contributed by atoms with van der Waals surface area (Å²) in [6.07, 6.45) is 1.27. The molecular weight excluding hydrogens is 436 g/mol. The van der Waals surface area contributed by atoms with Gasteiger partial charge in [-0.2, -0.15) is 0 Å². The van der Waals surface area contributed by atoms with Gasteiger partial charge in [-0.25, -0.2) is 0 Å². The number of halogens is 2. The van der Waals surface area contributed by atoms with Crippen LogP contribution < -0.4 is 4.74 Å². The maximum atomic E-state index is 12.3. The fourth-order valence-corrected chi connectivity index (χ4v) is 3.30. The second kappa shape index (κ2) is 5.47. The average molecular weight is 444 g/mol. The predicted octanol–water partition coefficient (Wildman–Crippen LogP) is 3.65. The maximum absolute atomic E-state index is 12.3. The van der Waals surface area contributed by atoms with E-state index in [9.17, 15) is 25.2 Å². The van der Waals surface area contributed by atoms with Crippen LogP contribution in [0.5, 0.6) is 28.7 Å². The Morgan fingerprint density at radius 1 is 1.00 bits per heavy atom. The first-order valence-corrected chi connectivity index (χ1v) is 7.78. The third kappa shape index (κ3) is 2.53. The number of allylic oxidation sites excluding steroid dienone is 1. The molecule has 6 nitrogen and oxygen atoms in total. The quantitative estimate of drug-likeness (QED) is 0.501. The lowest BCUT2D eigenvalue weighted by atomic mass is 10.1. The Morgan fingerprint density at radius 2 is 1.70 bits per heavy atom. The number of carbonyl (C=O) groups is 1. The van der Waals surface area contributed by atoms with Crippen molar-refractivity contribution in [2.45, 2.75) is 0 Å². The molecule has 0 spiro atoms. The molecule has 2 aromatic rings. The number of ketones is 1. The zero-order valence-corrected chi connectivity index (χ0v) is 14.3. The van der Waals surface area contributed by atoms with Gasteiger partial charge < -0.3 is 25.2 Å². The van der Waals surface area contributed by atoms with Gasteiger partial charge >= 0.3 is 0 Å². The largest absolute Gasteiger partial charge is 0.508 e. The molecule has 23 heavy (non-hydrogen) atoms. The van der Waals surface area contributed by atoms with E-state index in [0.717, 1.165) is 6.07 Å². The first-order chi connectivity index (χ1) is 10.8. The molecule has 1 aliphatic heterocycles. The normalized spacial score (nSPS) is 14.9. The summed E-state index contributed by atoms with van der Waals surface area (Å²) in [7, 11) is 0. The van der Waals surface area contributed by atoms with Crippen molar-refractivity contribution in [1.82, 2.24) is 0 Å². The van der Waals surface area contributed by atoms with E-state index >= 15 is 0 Å². The summed E-state index contributed by atoms with van der Waals surface area (Å²) in [6, 6.07) is 3.64.